The second-order valence-corrected chi connectivity index (χ2v) is 5.89. The zero-order valence-electron chi connectivity index (χ0n) is 12.0. The van der Waals surface area contributed by atoms with Crippen molar-refractivity contribution in [2.75, 3.05) is 13.1 Å². The summed E-state index contributed by atoms with van der Waals surface area (Å²) in [6.45, 7) is 1.27. The predicted molar refractivity (Wildman–Crippen MR) is 79.4 cm³/mol. The number of benzene rings is 1. The van der Waals surface area contributed by atoms with Gasteiger partial charge in [0.25, 0.3) is 0 Å². The van der Waals surface area contributed by atoms with Gasteiger partial charge in [-0.1, -0.05) is 30.3 Å². The second-order valence-electron chi connectivity index (χ2n) is 5.89. The van der Waals surface area contributed by atoms with Gasteiger partial charge in [0.15, 0.2) is 0 Å². The van der Waals surface area contributed by atoms with Crippen LogP contribution in [-0.4, -0.2) is 41.9 Å². The number of nitrogens with one attached hydrogen (secondary N) is 1. The molecular weight excluding hydrogens is 266 g/mol. The molecule has 2 saturated heterocycles. The van der Waals surface area contributed by atoms with Gasteiger partial charge in [-0.05, 0) is 24.8 Å². The first-order valence-corrected chi connectivity index (χ1v) is 7.54. The summed E-state index contributed by atoms with van der Waals surface area (Å²) in [5.41, 5.74) is 7.16. The average Bonchev–Trinajstić information content (AvgIpc) is 2.89. The van der Waals surface area contributed by atoms with Gasteiger partial charge in [0, 0.05) is 13.1 Å². The molecule has 0 aromatic heterocycles. The lowest BCUT2D eigenvalue weighted by Gasteiger charge is -2.37. The van der Waals surface area contributed by atoms with Gasteiger partial charge in [-0.25, -0.2) is 0 Å². The van der Waals surface area contributed by atoms with E-state index >= 15 is 0 Å². The van der Waals surface area contributed by atoms with E-state index in [4.69, 9.17) is 5.73 Å². The first kappa shape index (κ1) is 14.1. The molecule has 1 aromatic rings. The molecule has 2 aliphatic heterocycles. The van der Waals surface area contributed by atoms with Crippen molar-refractivity contribution in [2.45, 2.75) is 31.3 Å². The number of nitrogens with zero attached hydrogens (tertiary/aromatic N) is 1. The summed E-state index contributed by atoms with van der Waals surface area (Å²) < 4.78 is 0. The average molecular weight is 287 g/mol. The van der Waals surface area contributed by atoms with Gasteiger partial charge in [0.2, 0.25) is 11.8 Å². The van der Waals surface area contributed by atoms with Gasteiger partial charge in [-0.15, -0.1) is 0 Å². The maximum Gasteiger partial charge on any atom is 0.240 e. The highest BCUT2D eigenvalue weighted by molar-refractivity contribution is 5.86. The van der Waals surface area contributed by atoms with Crippen molar-refractivity contribution in [1.29, 1.82) is 0 Å². The van der Waals surface area contributed by atoms with E-state index in [2.05, 4.69) is 5.32 Å². The maximum absolute atomic E-state index is 12.6. The van der Waals surface area contributed by atoms with E-state index in [0.29, 0.717) is 19.5 Å². The number of carbonyl (C=O) groups excluding carboxylic acids is 2. The van der Waals surface area contributed by atoms with E-state index in [-0.39, 0.29) is 23.8 Å². The SMILES string of the molecule is NC(Cc1ccccc1)C(=O)N1CCCC2C(=O)NCC21. The van der Waals surface area contributed by atoms with Crippen LogP contribution in [0.15, 0.2) is 30.3 Å². The minimum absolute atomic E-state index is 0.0134. The van der Waals surface area contributed by atoms with Crippen LogP contribution < -0.4 is 11.1 Å². The van der Waals surface area contributed by atoms with Crippen LogP contribution in [0.3, 0.4) is 0 Å². The van der Waals surface area contributed by atoms with E-state index in [9.17, 15) is 9.59 Å². The van der Waals surface area contributed by atoms with Gasteiger partial charge < -0.3 is 16.0 Å². The number of nitrogens with two attached hydrogens (primary N) is 1. The Balaban J connectivity index is 1.68. The lowest BCUT2D eigenvalue weighted by atomic mass is 9.90. The van der Waals surface area contributed by atoms with Crippen molar-refractivity contribution < 1.29 is 9.59 Å². The summed E-state index contributed by atoms with van der Waals surface area (Å²) in [6, 6.07) is 9.25. The molecule has 1 aromatic carbocycles. The zero-order valence-corrected chi connectivity index (χ0v) is 12.0. The van der Waals surface area contributed by atoms with E-state index in [0.717, 1.165) is 18.4 Å². The molecule has 3 rings (SSSR count). The molecule has 3 N–H and O–H groups in total. The van der Waals surface area contributed by atoms with Crippen LogP contribution in [0.5, 0.6) is 0 Å². The van der Waals surface area contributed by atoms with E-state index < -0.39 is 6.04 Å². The Morgan fingerprint density at radius 1 is 1.38 bits per heavy atom. The highest BCUT2D eigenvalue weighted by Gasteiger charge is 2.43. The van der Waals surface area contributed by atoms with Crippen molar-refractivity contribution in [3.63, 3.8) is 0 Å². The first-order chi connectivity index (χ1) is 10.2. The highest BCUT2D eigenvalue weighted by Crippen LogP contribution is 2.27. The molecule has 3 atom stereocenters. The summed E-state index contributed by atoms with van der Waals surface area (Å²) in [5, 5.41) is 2.86. The Hall–Kier alpha value is -1.88. The second kappa shape index (κ2) is 5.85. The van der Waals surface area contributed by atoms with Crippen LogP contribution in [0, 0.1) is 5.92 Å². The molecule has 3 unspecified atom stereocenters. The molecule has 0 radical (unpaired) electrons. The van der Waals surface area contributed by atoms with E-state index in [1.165, 1.54) is 0 Å². The minimum atomic E-state index is -0.540. The Morgan fingerprint density at radius 2 is 2.14 bits per heavy atom. The molecule has 5 heteroatoms. The summed E-state index contributed by atoms with van der Waals surface area (Å²) in [7, 11) is 0. The number of hydrogen-bond donors (Lipinski definition) is 2. The number of likely N-dealkylation sites (tertiary alicyclic amines) is 1. The normalized spacial score (nSPS) is 26.1. The van der Waals surface area contributed by atoms with Crippen molar-refractivity contribution >= 4 is 11.8 Å². The third kappa shape index (κ3) is 2.78. The fraction of sp³-hybridized carbons (Fsp3) is 0.500. The number of carbonyl (C=O) groups is 2. The van der Waals surface area contributed by atoms with Crippen molar-refractivity contribution in [3.8, 4) is 0 Å². The molecule has 0 bridgehead atoms. The van der Waals surface area contributed by atoms with Crippen molar-refractivity contribution in [2.24, 2.45) is 11.7 Å². The topological polar surface area (TPSA) is 75.4 Å². The van der Waals surface area contributed by atoms with Gasteiger partial charge in [-0.3, -0.25) is 9.59 Å². The standard InChI is InChI=1S/C16H21N3O2/c17-13(9-11-5-2-1-3-6-11)16(21)19-8-4-7-12-14(19)10-18-15(12)20/h1-3,5-6,12-14H,4,7-10,17H2,(H,18,20). The molecule has 0 aliphatic carbocycles. The maximum atomic E-state index is 12.6. The van der Waals surface area contributed by atoms with Crippen LogP contribution >= 0.6 is 0 Å². The lowest BCUT2D eigenvalue weighted by Crippen LogP contribution is -2.54. The van der Waals surface area contributed by atoms with E-state index in [1.54, 1.807) is 0 Å². The molecule has 2 aliphatic rings. The van der Waals surface area contributed by atoms with Gasteiger partial charge in [-0.2, -0.15) is 0 Å². The Kier molecular flexibility index (Phi) is 3.92. The van der Waals surface area contributed by atoms with Crippen LogP contribution in [0.25, 0.3) is 0 Å². The number of fused-ring (bicyclic) bond motifs is 1. The lowest BCUT2D eigenvalue weighted by molar-refractivity contribution is -0.138. The molecule has 0 spiro atoms. The summed E-state index contributed by atoms with van der Waals surface area (Å²) in [5.74, 6) is -0.00851. The van der Waals surface area contributed by atoms with Gasteiger partial charge in [0.05, 0.1) is 18.0 Å². The zero-order chi connectivity index (χ0) is 14.8. The number of rotatable bonds is 3. The molecule has 0 saturated carbocycles. The fourth-order valence-electron chi connectivity index (χ4n) is 3.39. The third-order valence-corrected chi connectivity index (χ3v) is 4.50. The third-order valence-electron chi connectivity index (χ3n) is 4.50. The van der Waals surface area contributed by atoms with E-state index in [1.807, 2.05) is 35.2 Å². The largest absolute Gasteiger partial charge is 0.354 e. The molecule has 2 amide bonds. The summed E-state index contributed by atoms with van der Waals surface area (Å²) in [4.78, 5) is 26.2. The Labute approximate surface area is 124 Å². The Morgan fingerprint density at radius 3 is 2.90 bits per heavy atom. The highest BCUT2D eigenvalue weighted by atomic mass is 16.2. The van der Waals surface area contributed by atoms with Crippen LogP contribution in [0.2, 0.25) is 0 Å². The number of amides is 2. The first-order valence-electron chi connectivity index (χ1n) is 7.54. The van der Waals surface area contributed by atoms with Crippen LogP contribution in [-0.2, 0) is 16.0 Å². The molecule has 112 valence electrons. The summed E-state index contributed by atoms with van der Waals surface area (Å²) >= 11 is 0. The molecule has 21 heavy (non-hydrogen) atoms. The van der Waals surface area contributed by atoms with Gasteiger partial charge >= 0.3 is 0 Å². The Bertz CT molecular complexity index is 532. The smallest absolute Gasteiger partial charge is 0.240 e. The molecular formula is C16H21N3O2. The van der Waals surface area contributed by atoms with Crippen LogP contribution in [0.4, 0.5) is 0 Å². The quantitative estimate of drug-likeness (QED) is 0.839. The number of hydrogen-bond acceptors (Lipinski definition) is 3. The van der Waals surface area contributed by atoms with Crippen LogP contribution in [0.1, 0.15) is 18.4 Å². The summed E-state index contributed by atoms with van der Waals surface area (Å²) in [6.07, 6.45) is 2.28. The fourth-order valence-corrected chi connectivity index (χ4v) is 3.39. The van der Waals surface area contributed by atoms with Gasteiger partial charge in [0.1, 0.15) is 0 Å². The van der Waals surface area contributed by atoms with Crippen molar-refractivity contribution in [3.05, 3.63) is 35.9 Å². The minimum Gasteiger partial charge on any atom is -0.354 e. The molecule has 2 heterocycles. The molecule has 2 fully saturated rings. The van der Waals surface area contributed by atoms with Crippen molar-refractivity contribution in [1.82, 2.24) is 10.2 Å². The number of piperidine rings is 1. The monoisotopic (exact) mass is 287 g/mol. The predicted octanol–water partition coefficient (Wildman–Crippen LogP) is 0.293. The molecule has 5 nitrogen and oxygen atoms in total.